The van der Waals surface area contributed by atoms with Crippen molar-refractivity contribution in [2.75, 3.05) is 11.4 Å². The van der Waals surface area contributed by atoms with E-state index in [2.05, 4.69) is 14.9 Å². The number of fused-ring (bicyclic) bond motifs is 2. The average molecular weight is 314 g/mol. The summed E-state index contributed by atoms with van der Waals surface area (Å²) >= 11 is 6.03. The van der Waals surface area contributed by atoms with Crippen LogP contribution in [0.1, 0.15) is 11.1 Å². The van der Waals surface area contributed by atoms with Crippen LogP contribution in [0.15, 0.2) is 42.7 Å². The Labute approximate surface area is 132 Å². The van der Waals surface area contributed by atoms with Gasteiger partial charge in [-0.1, -0.05) is 17.7 Å². The maximum atomic E-state index is 13.3. The molecule has 0 atom stereocenters. The summed E-state index contributed by atoms with van der Waals surface area (Å²) in [6, 6.07) is 10.6. The van der Waals surface area contributed by atoms with Crippen molar-refractivity contribution in [3.8, 4) is 0 Å². The van der Waals surface area contributed by atoms with E-state index in [9.17, 15) is 4.39 Å². The van der Waals surface area contributed by atoms with Crippen LogP contribution in [-0.2, 0) is 13.0 Å². The number of rotatable bonds is 1. The van der Waals surface area contributed by atoms with Crippen molar-refractivity contribution < 1.29 is 4.39 Å². The van der Waals surface area contributed by atoms with E-state index < -0.39 is 0 Å². The highest BCUT2D eigenvalue weighted by atomic mass is 35.5. The van der Waals surface area contributed by atoms with Gasteiger partial charge in [0.2, 0.25) is 0 Å². The molecule has 1 aromatic heterocycles. The summed E-state index contributed by atoms with van der Waals surface area (Å²) in [5.41, 5.74) is 3.06. The van der Waals surface area contributed by atoms with Crippen molar-refractivity contribution in [1.82, 2.24) is 9.97 Å². The number of hydrogen-bond acceptors (Lipinski definition) is 3. The van der Waals surface area contributed by atoms with Crippen LogP contribution < -0.4 is 4.90 Å². The zero-order valence-electron chi connectivity index (χ0n) is 11.8. The smallest absolute Gasteiger partial charge is 0.140 e. The van der Waals surface area contributed by atoms with Crippen LogP contribution in [0.25, 0.3) is 10.9 Å². The van der Waals surface area contributed by atoms with Gasteiger partial charge >= 0.3 is 0 Å². The molecule has 4 rings (SSSR count). The van der Waals surface area contributed by atoms with Crippen molar-refractivity contribution in [2.24, 2.45) is 0 Å². The Hall–Kier alpha value is -2.20. The highest BCUT2D eigenvalue weighted by Crippen LogP contribution is 2.29. The molecule has 3 aromatic rings. The van der Waals surface area contributed by atoms with E-state index in [1.807, 2.05) is 24.3 Å². The summed E-state index contributed by atoms with van der Waals surface area (Å²) in [6.07, 6.45) is 2.38. The van der Waals surface area contributed by atoms with E-state index in [1.165, 1.54) is 6.07 Å². The summed E-state index contributed by atoms with van der Waals surface area (Å²) in [6.45, 7) is 1.54. The minimum atomic E-state index is -0.172. The number of benzene rings is 2. The number of halogens is 2. The number of anilines is 1. The molecule has 1 aliphatic heterocycles. The maximum absolute atomic E-state index is 13.3. The van der Waals surface area contributed by atoms with E-state index >= 15 is 0 Å². The molecule has 0 radical (unpaired) electrons. The monoisotopic (exact) mass is 313 g/mol. The molecule has 0 spiro atoms. The van der Waals surface area contributed by atoms with Crippen LogP contribution in [0.5, 0.6) is 0 Å². The Morgan fingerprint density at radius 3 is 2.86 bits per heavy atom. The Bertz CT molecular complexity index is 866. The van der Waals surface area contributed by atoms with E-state index in [0.717, 1.165) is 47.4 Å². The first-order valence-electron chi connectivity index (χ1n) is 7.13. The highest BCUT2D eigenvalue weighted by Gasteiger charge is 2.19. The normalized spacial score (nSPS) is 14.2. The Kier molecular flexibility index (Phi) is 3.19. The molecular formula is C17H13ClFN3. The molecule has 22 heavy (non-hydrogen) atoms. The molecule has 0 saturated carbocycles. The van der Waals surface area contributed by atoms with Gasteiger partial charge in [0.05, 0.1) is 5.52 Å². The Balaban J connectivity index is 1.76. The zero-order chi connectivity index (χ0) is 15.1. The molecule has 0 bridgehead atoms. The van der Waals surface area contributed by atoms with Crippen molar-refractivity contribution in [1.29, 1.82) is 0 Å². The van der Waals surface area contributed by atoms with Gasteiger partial charge in [-0.25, -0.2) is 14.4 Å². The molecule has 110 valence electrons. The third-order valence-corrected chi connectivity index (χ3v) is 4.29. The molecule has 0 fully saturated rings. The predicted molar refractivity (Wildman–Crippen MR) is 85.7 cm³/mol. The van der Waals surface area contributed by atoms with Crippen LogP contribution >= 0.6 is 11.6 Å². The molecular weight excluding hydrogens is 301 g/mol. The molecule has 0 unspecified atom stereocenters. The molecule has 2 aromatic carbocycles. The zero-order valence-corrected chi connectivity index (χ0v) is 12.5. The lowest BCUT2D eigenvalue weighted by Crippen LogP contribution is -2.31. The number of aromatic nitrogens is 2. The predicted octanol–water partition coefficient (Wildman–Crippen LogP) is 3.99. The third-order valence-electron chi connectivity index (χ3n) is 4.06. The van der Waals surface area contributed by atoms with Crippen LogP contribution in [0, 0.1) is 5.82 Å². The van der Waals surface area contributed by atoms with Gasteiger partial charge in [-0.2, -0.15) is 0 Å². The van der Waals surface area contributed by atoms with E-state index in [0.29, 0.717) is 5.02 Å². The second kappa shape index (κ2) is 5.21. The third kappa shape index (κ3) is 2.29. The van der Waals surface area contributed by atoms with Gasteiger partial charge in [0.25, 0.3) is 0 Å². The minimum Gasteiger partial charge on any atom is -0.351 e. The molecule has 0 amide bonds. The van der Waals surface area contributed by atoms with Crippen molar-refractivity contribution in [2.45, 2.75) is 13.0 Å². The van der Waals surface area contributed by atoms with Gasteiger partial charge in [0.1, 0.15) is 18.0 Å². The summed E-state index contributed by atoms with van der Waals surface area (Å²) in [5.74, 6) is 0.728. The molecule has 0 N–H and O–H groups in total. The van der Waals surface area contributed by atoms with Crippen LogP contribution in [-0.4, -0.2) is 16.5 Å². The fraction of sp³-hybridized carbons (Fsp3) is 0.176. The Morgan fingerprint density at radius 1 is 1.05 bits per heavy atom. The summed E-state index contributed by atoms with van der Waals surface area (Å²) in [4.78, 5) is 10.9. The first-order chi connectivity index (χ1) is 10.7. The highest BCUT2D eigenvalue weighted by molar-refractivity contribution is 6.31. The van der Waals surface area contributed by atoms with Gasteiger partial charge in [0, 0.05) is 23.5 Å². The van der Waals surface area contributed by atoms with E-state index in [1.54, 1.807) is 12.4 Å². The minimum absolute atomic E-state index is 0.172. The summed E-state index contributed by atoms with van der Waals surface area (Å²) in [5, 5.41) is 1.65. The van der Waals surface area contributed by atoms with Gasteiger partial charge in [-0.3, -0.25) is 0 Å². The van der Waals surface area contributed by atoms with Crippen molar-refractivity contribution in [3.05, 3.63) is 64.7 Å². The molecule has 0 aliphatic carbocycles. The van der Waals surface area contributed by atoms with Crippen molar-refractivity contribution in [3.63, 3.8) is 0 Å². The first kappa shape index (κ1) is 13.5. The van der Waals surface area contributed by atoms with Gasteiger partial charge in [-0.05, 0) is 47.9 Å². The summed E-state index contributed by atoms with van der Waals surface area (Å²) in [7, 11) is 0. The first-order valence-corrected chi connectivity index (χ1v) is 7.51. The largest absolute Gasteiger partial charge is 0.351 e. The van der Waals surface area contributed by atoms with Gasteiger partial charge in [0.15, 0.2) is 0 Å². The summed E-state index contributed by atoms with van der Waals surface area (Å²) < 4.78 is 13.3. The lowest BCUT2D eigenvalue weighted by molar-refractivity contribution is 0.619. The molecule has 5 heteroatoms. The quantitative estimate of drug-likeness (QED) is 0.680. The molecule has 0 saturated heterocycles. The SMILES string of the molecule is Fc1ccc2c(c1)CCN(c1ncnc3cc(Cl)ccc13)C2. The fourth-order valence-corrected chi connectivity index (χ4v) is 3.14. The molecule has 3 nitrogen and oxygen atoms in total. The second-order valence-corrected chi connectivity index (χ2v) is 5.88. The standard InChI is InChI=1S/C17H13ClFN3/c18-13-2-4-15-16(8-13)20-10-21-17(15)22-6-5-11-7-14(19)3-1-12(11)9-22/h1-4,7-8,10H,5-6,9H2. The fourth-order valence-electron chi connectivity index (χ4n) is 2.97. The van der Waals surface area contributed by atoms with Crippen LogP contribution in [0.2, 0.25) is 5.02 Å². The molecule has 2 heterocycles. The number of hydrogen-bond donors (Lipinski definition) is 0. The Morgan fingerprint density at radius 2 is 1.95 bits per heavy atom. The van der Waals surface area contributed by atoms with E-state index in [4.69, 9.17) is 11.6 Å². The van der Waals surface area contributed by atoms with Crippen molar-refractivity contribution >= 4 is 28.3 Å². The van der Waals surface area contributed by atoms with Crippen LogP contribution in [0.3, 0.4) is 0 Å². The average Bonchev–Trinajstić information content (AvgIpc) is 2.53. The van der Waals surface area contributed by atoms with Gasteiger partial charge in [-0.15, -0.1) is 0 Å². The topological polar surface area (TPSA) is 29.0 Å². The lowest BCUT2D eigenvalue weighted by Gasteiger charge is -2.30. The lowest BCUT2D eigenvalue weighted by atomic mass is 9.99. The number of nitrogens with zero attached hydrogens (tertiary/aromatic N) is 3. The van der Waals surface area contributed by atoms with Crippen LogP contribution in [0.4, 0.5) is 10.2 Å². The maximum Gasteiger partial charge on any atom is 0.140 e. The molecule has 1 aliphatic rings. The second-order valence-electron chi connectivity index (χ2n) is 5.44. The van der Waals surface area contributed by atoms with Gasteiger partial charge < -0.3 is 4.90 Å². The van der Waals surface area contributed by atoms with E-state index in [-0.39, 0.29) is 5.82 Å².